The maximum Gasteiger partial charge on any atom is 0.236 e. The highest BCUT2D eigenvalue weighted by atomic mass is 16.2. The van der Waals surface area contributed by atoms with Gasteiger partial charge in [-0.25, -0.2) is 0 Å². The van der Waals surface area contributed by atoms with E-state index < -0.39 is 0 Å². The zero-order valence-electron chi connectivity index (χ0n) is 13.2. The molecule has 0 aromatic heterocycles. The standard InChI is InChI=1S/C16H31N3O/c1-3-18(12-15-9-4-6-10-17-15)13-16(20)19-11-7-5-8-14(19)2/h14-15,17H,3-13H2,1-2H3. The third-order valence-electron chi connectivity index (χ3n) is 4.82. The van der Waals surface area contributed by atoms with Gasteiger partial charge in [-0.2, -0.15) is 0 Å². The number of amides is 1. The van der Waals surface area contributed by atoms with Crippen molar-refractivity contribution in [2.75, 3.05) is 32.7 Å². The number of piperidine rings is 2. The maximum atomic E-state index is 12.5. The molecule has 0 saturated carbocycles. The van der Waals surface area contributed by atoms with Gasteiger partial charge in [-0.05, 0) is 52.1 Å². The predicted molar refractivity (Wildman–Crippen MR) is 82.8 cm³/mol. The molecular weight excluding hydrogens is 250 g/mol. The van der Waals surface area contributed by atoms with Crippen molar-refractivity contribution in [3.05, 3.63) is 0 Å². The Balaban J connectivity index is 1.80. The summed E-state index contributed by atoms with van der Waals surface area (Å²) in [5.74, 6) is 0.329. The summed E-state index contributed by atoms with van der Waals surface area (Å²) in [5.41, 5.74) is 0. The first-order valence-electron chi connectivity index (χ1n) is 8.46. The Hall–Kier alpha value is -0.610. The van der Waals surface area contributed by atoms with Gasteiger partial charge in [-0.1, -0.05) is 13.3 Å². The van der Waals surface area contributed by atoms with Crippen LogP contribution in [0.4, 0.5) is 0 Å². The van der Waals surface area contributed by atoms with Crippen molar-refractivity contribution < 1.29 is 4.79 Å². The maximum absolute atomic E-state index is 12.5. The fourth-order valence-electron chi connectivity index (χ4n) is 3.45. The van der Waals surface area contributed by atoms with Gasteiger partial charge in [0.05, 0.1) is 6.54 Å². The van der Waals surface area contributed by atoms with Crippen molar-refractivity contribution in [2.45, 2.75) is 64.5 Å². The van der Waals surface area contributed by atoms with E-state index in [1.54, 1.807) is 0 Å². The molecule has 4 heteroatoms. The number of carbonyl (C=O) groups is 1. The Morgan fingerprint density at radius 2 is 2.05 bits per heavy atom. The number of rotatable bonds is 5. The van der Waals surface area contributed by atoms with Crippen LogP contribution < -0.4 is 5.32 Å². The molecule has 4 nitrogen and oxygen atoms in total. The Morgan fingerprint density at radius 3 is 2.70 bits per heavy atom. The van der Waals surface area contributed by atoms with Crippen LogP contribution in [0.2, 0.25) is 0 Å². The lowest BCUT2D eigenvalue weighted by atomic mass is 10.0. The van der Waals surface area contributed by atoms with Crippen molar-refractivity contribution >= 4 is 5.91 Å². The molecule has 1 N–H and O–H groups in total. The number of likely N-dealkylation sites (N-methyl/N-ethyl adjacent to an activating group) is 1. The van der Waals surface area contributed by atoms with E-state index in [1.165, 1.54) is 38.5 Å². The van der Waals surface area contributed by atoms with Gasteiger partial charge in [0.25, 0.3) is 0 Å². The largest absolute Gasteiger partial charge is 0.339 e. The summed E-state index contributed by atoms with van der Waals surface area (Å²) < 4.78 is 0. The molecule has 2 aliphatic rings. The van der Waals surface area contributed by atoms with E-state index in [4.69, 9.17) is 0 Å². The van der Waals surface area contributed by atoms with E-state index in [0.717, 1.165) is 26.2 Å². The first-order chi connectivity index (χ1) is 9.70. The van der Waals surface area contributed by atoms with Crippen molar-refractivity contribution in [1.29, 1.82) is 0 Å². The molecule has 2 heterocycles. The Labute approximate surface area is 123 Å². The van der Waals surface area contributed by atoms with E-state index in [2.05, 4.69) is 29.0 Å². The van der Waals surface area contributed by atoms with Crippen LogP contribution in [-0.2, 0) is 4.79 Å². The molecule has 1 amide bonds. The number of carbonyl (C=O) groups excluding carboxylic acids is 1. The fourth-order valence-corrected chi connectivity index (χ4v) is 3.45. The SMILES string of the molecule is CCN(CC(=O)N1CCCCC1C)CC1CCCCN1. The van der Waals surface area contributed by atoms with Crippen LogP contribution in [-0.4, -0.2) is 60.5 Å². The molecule has 2 fully saturated rings. The zero-order chi connectivity index (χ0) is 14.4. The van der Waals surface area contributed by atoms with Crippen LogP contribution in [0.15, 0.2) is 0 Å². The van der Waals surface area contributed by atoms with Crippen LogP contribution in [0.5, 0.6) is 0 Å². The van der Waals surface area contributed by atoms with Gasteiger partial charge < -0.3 is 10.2 Å². The third-order valence-corrected chi connectivity index (χ3v) is 4.82. The molecule has 2 rings (SSSR count). The molecule has 2 aliphatic heterocycles. The smallest absolute Gasteiger partial charge is 0.236 e. The van der Waals surface area contributed by atoms with Crippen LogP contribution in [0.3, 0.4) is 0 Å². The molecule has 0 aliphatic carbocycles. The minimum Gasteiger partial charge on any atom is -0.339 e. The summed E-state index contributed by atoms with van der Waals surface area (Å²) in [7, 11) is 0. The van der Waals surface area contributed by atoms with Crippen LogP contribution in [0.1, 0.15) is 52.4 Å². The summed E-state index contributed by atoms with van der Waals surface area (Å²) in [5, 5.41) is 3.58. The Kier molecular flexibility index (Phi) is 6.30. The molecule has 20 heavy (non-hydrogen) atoms. The summed E-state index contributed by atoms with van der Waals surface area (Å²) >= 11 is 0. The molecule has 0 aromatic rings. The van der Waals surface area contributed by atoms with Gasteiger partial charge in [0.2, 0.25) is 5.91 Å². The molecule has 116 valence electrons. The first-order valence-corrected chi connectivity index (χ1v) is 8.46. The number of hydrogen-bond donors (Lipinski definition) is 1. The number of hydrogen-bond acceptors (Lipinski definition) is 3. The average Bonchev–Trinajstić information content (AvgIpc) is 2.48. The number of nitrogens with zero attached hydrogens (tertiary/aromatic N) is 2. The van der Waals surface area contributed by atoms with E-state index >= 15 is 0 Å². The van der Waals surface area contributed by atoms with Crippen molar-refractivity contribution in [3.63, 3.8) is 0 Å². The Morgan fingerprint density at radius 1 is 1.25 bits per heavy atom. The fraction of sp³-hybridized carbons (Fsp3) is 0.938. The van der Waals surface area contributed by atoms with Crippen molar-refractivity contribution in [2.24, 2.45) is 0 Å². The van der Waals surface area contributed by atoms with Crippen LogP contribution in [0.25, 0.3) is 0 Å². The van der Waals surface area contributed by atoms with Gasteiger partial charge in [-0.3, -0.25) is 9.69 Å². The zero-order valence-corrected chi connectivity index (χ0v) is 13.2. The summed E-state index contributed by atoms with van der Waals surface area (Å²) in [4.78, 5) is 16.9. The normalized spacial score (nSPS) is 27.9. The molecule has 0 radical (unpaired) electrons. The molecule has 0 spiro atoms. The average molecular weight is 281 g/mol. The lowest BCUT2D eigenvalue weighted by Gasteiger charge is -2.36. The van der Waals surface area contributed by atoms with Crippen molar-refractivity contribution in [1.82, 2.24) is 15.1 Å². The Bertz CT molecular complexity index is 302. The highest BCUT2D eigenvalue weighted by Crippen LogP contribution is 2.17. The van der Waals surface area contributed by atoms with Crippen molar-refractivity contribution in [3.8, 4) is 0 Å². The van der Waals surface area contributed by atoms with E-state index in [9.17, 15) is 4.79 Å². The molecule has 2 atom stereocenters. The summed E-state index contributed by atoms with van der Waals surface area (Å²) in [6.07, 6.45) is 7.49. The van der Waals surface area contributed by atoms with E-state index in [0.29, 0.717) is 24.5 Å². The molecule has 2 saturated heterocycles. The highest BCUT2D eigenvalue weighted by molar-refractivity contribution is 5.78. The molecule has 2 unspecified atom stereocenters. The lowest BCUT2D eigenvalue weighted by molar-refractivity contribution is -0.135. The molecule has 0 aromatic carbocycles. The van der Waals surface area contributed by atoms with Gasteiger partial charge in [0, 0.05) is 25.2 Å². The second-order valence-corrected chi connectivity index (χ2v) is 6.41. The summed E-state index contributed by atoms with van der Waals surface area (Å²) in [6.45, 7) is 9.03. The second-order valence-electron chi connectivity index (χ2n) is 6.41. The minimum absolute atomic E-state index is 0.329. The lowest BCUT2D eigenvalue weighted by Crippen LogP contribution is -2.50. The second kappa shape index (κ2) is 7.99. The van der Waals surface area contributed by atoms with E-state index in [-0.39, 0.29) is 0 Å². The van der Waals surface area contributed by atoms with E-state index in [1.807, 2.05) is 0 Å². The van der Waals surface area contributed by atoms with Crippen LogP contribution >= 0.6 is 0 Å². The monoisotopic (exact) mass is 281 g/mol. The van der Waals surface area contributed by atoms with Gasteiger partial charge in [0.15, 0.2) is 0 Å². The number of nitrogens with one attached hydrogen (secondary N) is 1. The van der Waals surface area contributed by atoms with Gasteiger partial charge >= 0.3 is 0 Å². The van der Waals surface area contributed by atoms with Gasteiger partial charge in [0.1, 0.15) is 0 Å². The molecule has 0 bridgehead atoms. The van der Waals surface area contributed by atoms with Crippen LogP contribution in [0, 0.1) is 0 Å². The molecular formula is C16H31N3O. The minimum atomic E-state index is 0.329. The first kappa shape index (κ1) is 15.8. The number of likely N-dealkylation sites (tertiary alicyclic amines) is 1. The van der Waals surface area contributed by atoms with Gasteiger partial charge in [-0.15, -0.1) is 0 Å². The summed E-state index contributed by atoms with van der Waals surface area (Å²) in [6, 6.07) is 1.01. The third kappa shape index (κ3) is 4.45. The highest BCUT2D eigenvalue weighted by Gasteiger charge is 2.25. The topological polar surface area (TPSA) is 35.6 Å². The quantitative estimate of drug-likeness (QED) is 0.835. The predicted octanol–water partition coefficient (Wildman–Crippen LogP) is 1.85.